The lowest BCUT2D eigenvalue weighted by Crippen LogP contribution is -2.36. The number of amides is 1. The number of aromatic nitrogens is 1. The zero-order chi connectivity index (χ0) is 12.1. The Labute approximate surface area is 93.7 Å². The summed E-state index contributed by atoms with van der Waals surface area (Å²) in [7, 11) is 1.59. The van der Waals surface area contributed by atoms with Crippen LogP contribution in [0.25, 0.3) is 0 Å². The number of hydrogen-bond donors (Lipinski definition) is 1. The second kappa shape index (κ2) is 5.25. The van der Waals surface area contributed by atoms with Crippen molar-refractivity contribution in [3.63, 3.8) is 0 Å². The predicted molar refractivity (Wildman–Crippen MR) is 58.0 cm³/mol. The van der Waals surface area contributed by atoms with Gasteiger partial charge >= 0.3 is 5.97 Å². The molecule has 5 heteroatoms. The highest BCUT2D eigenvalue weighted by Gasteiger charge is 2.19. The first kappa shape index (κ1) is 12.2. The van der Waals surface area contributed by atoms with Gasteiger partial charge in [0, 0.05) is 25.5 Å². The largest absolute Gasteiger partial charge is 0.481 e. The van der Waals surface area contributed by atoms with Gasteiger partial charge in [-0.2, -0.15) is 0 Å². The molecule has 1 rings (SSSR count). The molecule has 1 atom stereocenters. The van der Waals surface area contributed by atoms with Crippen LogP contribution < -0.4 is 0 Å². The number of carboxylic acid groups (broad SMARTS) is 1. The molecule has 0 aliphatic carbocycles. The highest BCUT2D eigenvalue weighted by molar-refractivity contribution is 5.94. The second-order valence-electron chi connectivity index (χ2n) is 3.60. The van der Waals surface area contributed by atoms with Crippen LogP contribution in [0.2, 0.25) is 0 Å². The lowest BCUT2D eigenvalue weighted by molar-refractivity contribution is -0.137. The predicted octanol–water partition coefficient (Wildman–Crippen LogP) is 1.02. The molecule has 1 aromatic rings. The van der Waals surface area contributed by atoms with Crippen LogP contribution >= 0.6 is 0 Å². The van der Waals surface area contributed by atoms with Gasteiger partial charge in [-0.3, -0.25) is 14.6 Å². The Balaban J connectivity index is 2.71. The molecule has 16 heavy (non-hydrogen) atoms. The van der Waals surface area contributed by atoms with E-state index in [1.807, 2.05) is 0 Å². The maximum Gasteiger partial charge on any atom is 0.305 e. The number of nitrogens with zero attached hydrogens (tertiary/aromatic N) is 2. The van der Waals surface area contributed by atoms with Crippen molar-refractivity contribution in [2.45, 2.75) is 19.4 Å². The minimum absolute atomic E-state index is 0.0670. The fourth-order valence-electron chi connectivity index (χ4n) is 1.28. The van der Waals surface area contributed by atoms with E-state index in [2.05, 4.69) is 4.98 Å². The smallest absolute Gasteiger partial charge is 0.305 e. The van der Waals surface area contributed by atoms with E-state index < -0.39 is 5.97 Å². The molecule has 86 valence electrons. The van der Waals surface area contributed by atoms with E-state index in [-0.39, 0.29) is 18.4 Å². The van der Waals surface area contributed by atoms with E-state index >= 15 is 0 Å². The zero-order valence-corrected chi connectivity index (χ0v) is 9.25. The third-order valence-corrected chi connectivity index (χ3v) is 2.36. The molecule has 0 saturated heterocycles. The van der Waals surface area contributed by atoms with E-state index in [0.29, 0.717) is 5.56 Å². The summed E-state index contributed by atoms with van der Waals surface area (Å²) in [5.41, 5.74) is 0.460. The van der Waals surface area contributed by atoms with Gasteiger partial charge in [-0.25, -0.2) is 0 Å². The van der Waals surface area contributed by atoms with E-state index in [9.17, 15) is 9.59 Å². The van der Waals surface area contributed by atoms with Crippen molar-refractivity contribution in [3.8, 4) is 0 Å². The van der Waals surface area contributed by atoms with Gasteiger partial charge in [0.25, 0.3) is 5.91 Å². The molecule has 1 heterocycles. The van der Waals surface area contributed by atoms with Gasteiger partial charge < -0.3 is 10.0 Å². The Kier molecular flexibility index (Phi) is 3.99. The highest BCUT2D eigenvalue weighted by Crippen LogP contribution is 2.07. The molecule has 0 aliphatic heterocycles. The quantitative estimate of drug-likeness (QED) is 0.825. The average Bonchev–Trinajstić information content (AvgIpc) is 2.27. The molecule has 1 N–H and O–H groups in total. The molecular formula is C11H14N2O3. The summed E-state index contributed by atoms with van der Waals surface area (Å²) in [6, 6.07) is 2.98. The molecule has 0 spiro atoms. The Morgan fingerprint density at radius 2 is 2.25 bits per heavy atom. The van der Waals surface area contributed by atoms with Crippen LogP contribution in [0.3, 0.4) is 0 Å². The van der Waals surface area contributed by atoms with Gasteiger partial charge in [0.2, 0.25) is 0 Å². The van der Waals surface area contributed by atoms with Crippen LogP contribution in [0.15, 0.2) is 24.5 Å². The Morgan fingerprint density at radius 1 is 1.56 bits per heavy atom. The summed E-state index contributed by atoms with van der Waals surface area (Å²) in [6.45, 7) is 1.70. The topological polar surface area (TPSA) is 70.5 Å². The summed E-state index contributed by atoms with van der Waals surface area (Å²) in [6.07, 6.45) is 2.98. The Morgan fingerprint density at radius 3 is 2.75 bits per heavy atom. The van der Waals surface area contributed by atoms with Crippen LogP contribution in [-0.2, 0) is 4.79 Å². The fourth-order valence-corrected chi connectivity index (χ4v) is 1.28. The maximum absolute atomic E-state index is 11.9. The Hall–Kier alpha value is -1.91. The van der Waals surface area contributed by atoms with Crippen LogP contribution in [0, 0.1) is 0 Å². The van der Waals surface area contributed by atoms with Gasteiger partial charge in [-0.05, 0) is 19.1 Å². The first-order chi connectivity index (χ1) is 7.52. The molecule has 0 bridgehead atoms. The van der Waals surface area contributed by atoms with Crippen LogP contribution in [0.1, 0.15) is 23.7 Å². The first-order valence-corrected chi connectivity index (χ1v) is 4.91. The van der Waals surface area contributed by atoms with Crippen molar-refractivity contribution >= 4 is 11.9 Å². The molecule has 1 unspecified atom stereocenters. The van der Waals surface area contributed by atoms with Crippen LogP contribution in [0.5, 0.6) is 0 Å². The molecule has 1 amide bonds. The van der Waals surface area contributed by atoms with Gasteiger partial charge in [0.1, 0.15) is 0 Å². The molecule has 0 aliphatic rings. The molecular weight excluding hydrogens is 208 g/mol. The summed E-state index contributed by atoms with van der Waals surface area (Å²) < 4.78 is 0. The normalized spacial score (nSPS) is 11.9. The van der Waals surface area contributed by atoms with Crippen molar-refractivity contribution < 1.29 is 14.7 Å². The third kappa shape index (κ3) is 3.05. The van der Waals surface area contributed by atoms with Crippen molar-refractivity contribution in [1.29, 1.82) is 0 Å². The number of rotatable bonds is 4. The number of carbonyl (C=O) groups is 2. The minimum Gasteiger partial charge on any atom is -0.481 e. The van der Waals surface area contributed by atoms with Crippen molar-refractivity contribution in [2.24, 2.45) is 0 Å². The van der Waals surface area contributed by atoms with Gasteiger partial charge in [-0.1, -0.05) is 0 Å². The summed E-state index contributed by atoms with van der Waals surface area (Å²) in [4.78, 5) is 27.6. The number of carboxylic acids is 1. The van der Waals surface area contributed by atoms with Crippen LogP contribution in [-0.4, -0.2) is 40.0 Å². The van der Waals surface area contributed by atoms with Crippen molar-refractivity contribution in [2.75, 3.05) is 7.05 Å². The highest BCUT2D eigenvalue weighted by atomic mass is 16.4. The molecule has 0 aromatic carbocycles. The van der Waals surface area contributed by atoms with E-state index in [0.717, 1.165) is 0 Å². The zero-order valence-electron chi connectivity index (χ0n) is 9.25. The average molecular weight is 222 g/mol. The van der Waals surface area contributed by atoms with Gasteiger partial charge in [0.15, 0.2) is 0 Å². The first-order valence-electron chi connectivity index (χ1n) is 4.91. The molecule has 0 radical (unpaired) electrons. The Bertz CT molecular complexity index is 378. The fraction of sp³-hybridized carbons (Fsp3) is 0.364. The summed E-state index contributed by atoms with van der Waals surface area (Å²) >= 11 is 0. The van der Waals surface area contributed by atoms with Gasteiger partial charge in [-0.15, -0.1) is 0 Å². The van der Waals surface area contributed by atoms with E-state index in [1.165, 1.54) is 11.1 Å². The molecule has 0 saturated carbocycles. The molecule has 1 aromatic heterocycles. The van der Waals surface area contributed by atoms with Gasteiger partial charge in [0.05, 0.1) is 12.0 Å². The van der Waals surface area contributed by atoms with E-state index in [1.54, 1.807) is 32.3 Å². The van der Waals surface area contributed by atoms with E-state index in [4.69, 9.17) is 5.11 Å². The number of carbonyl (C=O) groups excluding carboxylic acids is 1. The minimum atomic E-state index is -0.918. The summed E-state index contributed by atoms with van der Waals surface area (Å²) in [5.74, 6) is -1.14. The second-order valence-corrected chi connectivity index (χ2v) is 3.60. The summed E-state index contributed by atoms with van der Waals surface area (Å²) in [5, 5.41) is 8.63. The van der Waals surface area contributed by atoms with Crippen molar-refractivity contribution in [3.05, 3.63) is 30.1 Å². The van der Waals surface area contributed by atoms with Crippen molar-refractivity contribution in [1.82, 2.24) is 9.88 Å². The molecule has 5 nitrogen and oxygen atoms in total. The molecule has 0 fully saturated rings. The lowest BCUT2D eigenvalue weighted by atomic mass is 10.2. The maximum atomic E-state index is 11.9. The SMILES string of the molecule is CC(CC(=O)O)N(C)C(=O)c1cccnc1. The number of pyridine rings is 1. The monoisotopic (exact) mass is 222 g/mol. The van der Waals surface area contributed by atoms with Crippen LogP contribution in [0.4, 0.5) is 0 Å². The number of aliphatic carboxylic acids is 1. The lowest BCUT2D eigenvalue weighted by Gasteiger charge is -2.23. The standard InChI is InChI=1S/C11H14N2O3/c1-8(6-10(14)15)13(2)11(16)9-4-3-5-12-7-9/h3-5,7-8H,6H2,1-2H3,(H,14,15). The number of hydrogen-bond acceptors (Lipinski definition) is 3. The third-order valence-electron chi connectivity index (χ3n) is 2.36.